The first-order valence-corrected chi connectivity index (χ1v) is 4.73. The number of halogens is 2. The minimum atomic E-state index is -0.502. The zero-order chi connectivity index (χ0) is 10.3. The Bertz CT molecular complexity index is 329. The molecule has 0 saturated heterocycles. The van der Waals surface area contributed by atoms with Gasteiger partial charge in [-0.1, -0.05) is 6.07 Å². The van der Waals surface area contributed by atoms with Gasteiger partial charge in [-0.25, -0.2) is 8.78 Å². The highest BCUT2D eigenvalue weighted by atomic mass is 19.1. The number of hydrogen-bond acceptors (Lipinski definition) is 1. The van der Waals surface area contributed by atoms with Gasteiger partial charge >= 0.3 is 0 Å². The second kappa shape index (κ2) is 3.31. The van der Waals surface area contributed by atoms with Crippen molar-refractivity contribution in [3.8, 4) is 0 Å². The van der Waals surface area contributed by atoms with Gasteiger partial charge in [0.05, 0.1) is 6.10 Å². The summed E-state index contributed by atoms with van der Waals surface area (Å²) in [6.07, 6.45) is 0.189. The van der Waals surface area contributed by atoms with Gasteiger partial charge in [-0.05, 0) is 37.3 Å². The van der Waals surface area contributed by atoms with Crippen LogP contribution in [0.5, 0.6) is 0 Å². The van der Waals surface area contributed by atoms with E-state index < -0.39 is 17.7 Å². The van der Waals surface area contributed by atoms with Crippen molar-refractivity contribution in [2.24, 2.45) is 5.92 Å². The molecule has 0 spiro atoms. The minimum absolute atomic E-state index is 0.0152. The van der Waals surface area contributed by atoms with Gasteiger partial charge in [-0.2, -0.15) is 0 Å². The number of rotatable bonds is 2. The Balaban J connectivity index is 2.26. The van der Waals surface area contributed by atoms with Crippen molar-refractivity contribution in [3.63, 3.8) is 0 Å². The van der Waals surface area contributed by atoms with Gasteiger partial charge in [-0.15, -0.1) is 0 Å². The highest BCUT2D eigenvalue weighted by molar-refractivity contribution is 5.29. The van der Waals surface area contributed by atoms with E-state index in [0.717, 1.165) is 0 Å². The molecular formula is C11H12F2O. The van der Waals surface area contributed by atoms with Crippen LogP contribution in [0.4, 0.5) is 8.78 Å². The SMILES string of the molecule is C[C@@H](O)[C@@H]1C[C@@H]1c1c(F)cccc1F. The summed E-state index contributed by atoms with van der Waals surface area (Å²) in [5, 5.41) is 9.26. The molecule has 0 aromatic heterocycles. The molecule has 1 N–H and O–H groups in total. The third kappa shape index (κ3) is 1.52. The molecule has 0 radical (unpaired) electrons. The van der Waals surface area contributed by atoms with E-state index in [-0.39, 0.29) is 17.4 Å². The first-order chi connectivity index (χ1) is 6.61. The molecule has 0 amide bonds. The quantitative estimate of drug-likeness (QED) is 0.773. The van der Waals surface area contributed by atoms with Gasteiger partial charge in [0.1, 0.15) is 11.6 Å². The molecule has 1 aliphatic carbocycles. The number of hydrogen-bond donors (Lipinski definition) is 1. The summed E-state index contributed by atoms with van der Waals surface area (Å²) >= 11 is 0. The summed E-state index contributed by atoms with van der Waals surface area (Å²) in [7, 11) is 0. The highest BCUT2D eigenvalue weighted by Gasteiger charge is 2.44. The predicted octanol–water partition coefficient (Wildman–Crippen LogP) is 2.45. The van der Waals surface area contributed by atoms with Crippen LogP contribution in [0.2, 0.25) is 0 Å². The predicted molar refractivity (Wildman–Crippen MR) is 48.9 cm³/mol. The van der Waals surface area contributed by atoms with Crippen LogP contribution < -0.4 is 0 Å². The van der Waals surface area contributed by atoms with E-state index in [2.05, 4.69) is 0 Å². The second-order valence-corrected chi connectivity index (χ2v) is 3.88. The van der Waals surface area contributed by atoms with Crippen molar-refractivity contribution in [1.82, 2.24) is 0 Å². The summed E-state index contributed by atoms with van der Waals surface area (Å²) in [6.45, 7) is 1.66. The van der Waals surface area contributed by atoms with Gasteiger partial charge in [0.15, 0.2) is 0 Å². The van der Waals surface area contributed by atoms with Crippen LogP contribution >= 0.6 is 0 Å². The lowest BCUT2D eigenvalue weighted by Gasteiger charge is -2.05. The first kappa shape index (κ1) is 9.59. The lowest BCUT2D eigenvalue weighted by Crippen LogP contribution is -2.05. The molecule has 2 rings (SSSR count). The van der Waals surface area contributed by atoms with E-state index in [1.807, 2.05) is 0 Å². The molecule has 0 heterocycles. The fourth-order valence-electron chi connectivity index (χ4n) is 1.94. The van der Waals surface area contributed by atoms with Crippen LogP contribution in [0.3, 0.4) is 0 Å². The van der Waals surface area contributed by atoms with Gasteiger partial charge in [-0.3, -0.25) is 0 Å². The van der Waals surface area contributed by atoms with Gasteiger partial charge in [0, 0.05) is 5.56 Å². The molecule has 1 fully saturated rings. The number of aliphatic hydroxyl groups excluding tert-OH is 1. The van der Waals surface area contributed by atoms with Crippen molar-refractivity contribution in [2.75, 3.05) is 0 Å². The minimum Gasteiger partial charge on any atom is -0.393 e. The smallest absolute Gasteiger partial charge is 0.129 e. The fraction of sp³-hybridized carbons (Fsp3) is 0.455. The second-order valence-electron chi connectivity index (χ2n) is 3.88. The molecule has 3 atom stereocenters. The van der Waals surface area contributed by atoms with Crippen LogP contribution in [0.1, 0.15) is 24.8 Å². The highest BCUT2D eigenvalue weighted by Crippen LogP contribution is 2.50. The molecule has 1 aromatic carbocycles. The summed E-state index contributed by atoms with van der Waals surface area (Å²) < 4.78 is 26.5. The molecular weight excluding hydrogens is 186 g/mol. The van der Waals surface area contributed by atoms with E-state index in [9.17, 15) is 13.9 Å². The molecule has 0 bridgehead atoms. The topological polar surface area (TPSA) is 20.2 Å². The van der Waals surface area contributed by atoms with Crippen molar-refractivity contribution >= 4 is 0 Å². The molecule has 76 valence electrons. The zero-order valence-electron chi connectivity index (χ0n) is 7.87. The van der Waals surface area contributed by atoms with Crippen LogP contribution in [0.25, 0.3) is 0 Å². The third-order valence-electron chi connectivity index (χ3n) is 2.83. The Labute approximate surface area is 81.4 Å². The third-order valence-corrected chi connectivity index (χ3v) is 2.83. The Morgan fingerprint density at radius 1 is 1.36 bits per heavy atom. The molecule has 1 saturated carbocycles. The van der Waals surface area contributed by atoms with E-state index in [1.165, 1.54) is 18.2 Å². The van der Waals surface area contributed by atoms with Crippen LogP contribution in [-0.2, 0) is 0 Å². The Morgan fingerprint density at radius 3 is 2.36 bits per heavy atom. The Hall–Kier alpha value is -0.960. The van der Waals surface area contributed by atoms with Crippen molar-refractivity contribution in [3.05, 3.63) is 35.4 Å². The Kier molecular flexibility index (Phi) is 2.27. The van der Waals surface area contributed by atoms with Gasteiger partial charge < -0.3 is 5.11 Å². The maximum absolute atomic E-state index is 13.3. The molecule has 1 aromatic rings. The standard InChI is InChI=1S/C11H12F2O/c1-6(14)7-5-8(7)11-9(12)3-2-4-10(11)13/h2-4,6-8,14H,5H2,1H3/t6-,7+,8+/m1/s1. The maximum atomic E-state index is 13.3. The van der Waals surface area contributed by atoms with E-state index in [1.54, 1.807) is 6.92 Å². The van der Waals surface area contributed by atoms with E-state index in [0.29, 0.717) is 6.42 Å². The molecule has 0 unspecified atom stereocenters. The summed E-state index contributed by atoms with van der Waals surface area (Å²) in [6, 6.07) is 3.87. The largest absolute Gasteiger partial charge is 0.393 e. The van der Waals surface area contributed by atoms with Gasteiger partial charge in [0.25, 0.3) is 0 Å². The van der Waals surface area contributed by atoms with E-state index in [4.69, 9.17) is 0 Å². The lowest BCUT2D eigenvalue weighted by atomic mass is 10.1. The molecule has 1 nitrogen and oxygen atoms in total. The van der Waals surface area contributed by atoms with Crippen LogP contribution in [-0.4, -0.2) is 11.2 Å². The maximum Gasteiger partial charge on any atom is 0.129 e. The average molecular weight is 198 g/mol. The normalized spacial score (nSPS) is 27.4. The molecule has 0 aliphatic heterocycles. The zero-order valence-corrected chi connectivity index (χ0v) is 7.87. The molecule has 14 heavy (non-hydrogen) atoms. The van der Waals surface area contributed by atoms with Crippen molar-refractivity contribution < 1.29 is 13.9 Å². The summed E-state index contributed by atoms with van der Waals surface area (Å²) in [4.78, 5) is 0. The van der Waals surface area contributed by atoms with Crippen molar-refractivity contribution in [2.45, 2.75) is 25.4 Å². The fourth-order valence-corrected chi connectivity index (χ4v) is 1.94. The summed E-state index contributed by atoms with van der Waals surface area (Å²) in [5.41, 5.74) is 0.137. The lowest BCUT2D eigenvalue weighted by molar-refractivity contribution is 0.168. The molecule has 3 heteroatoms. The number of benzene rings is 1. The van der Waals surface area contributed by atoms with Crippen LogP contribution in [0, 0.1) is 17.6 Å². The summed E-state index contributed by atoms with van der Waals surface area (Å²) in [5.74, 6) is -1.13. The monoisotopic (exact) mass is 198 g/mol. The van der Waals surface area contributed by atoms with Gasteiger partial charge in [0.2, 0.25) is 0 Å². The first-order valence-electron chi connectivity index (χ1n) is 4.73. The van der Waals surface area contributed by atoms with Crippen LogP contribution in [0.15, 0.2) is 18.2 Å². The average Bonchev–Trinajstić information content (AvgIpc) is 2.83. The molecule has 1 aliphatic rings. The van der Waals surface area contributed by atoms with Crippen molar-refractivity contribution in [1.29, 1.82) is 0 Å². The number of aliphatic hydroxyl groups is 1. The van der Waals surface area contributed by atoms with E-state index >= 15 is 0 Å². The Morgan fingerprint density at radius 2 is 1.93 bits per heavy atom.